The van der Waals surface area contributed by atoms with Gasteiger partial charge in [0.05, 0.1) is 0 Å². The lowest BCUT2D eigenvalue weighted by atomic mass is 10.0. The van der Waals surface area contributed by atoms with Crippen LogP contribution in [0.1, 0.15) is 47.8 Å². The largest absolute Gasteiger partial charge is 0.292 e. The third kappa shape index (κ3) is 2.18. The lowest BCUT2D eigenvalue weighted by Crippen LogP contribution is -2.20. The maximum Gasteiger partial charge on any atom is 0.274 e. The first-order valence-corrected chi connectivity index (χ1v) is 5.98. The molecule has 0 radical (unpaired) electrons. The molecule has 92 valence electrons. The Kier molecular flexibility index (Phi) is 3.45. The zero-order chi connectivity index (χ0) is 12.4. The molecule has 0 spiro atoms. The van der Waals surface area contributed by atoms with Crippen molar-refractivity contribution in [3.05, 3.63) is 34.9 Å². The van der Waals surface area contributed by atoms with Gasteiger partial charge in [-0.3, -0.25) is 14.9 Å². The van der Waals surface area contributed by atoms with Crippen LogP contribution in [-0.2, 0) is 6.54 Å². The molecule has 0 aromatic heterocycles. The number of carbonyl (C=O) groups is 1. The molecule has 17 heavy (non-hydrogen) atoms. The van der Waals surface area contributed by atoms with Crippen LogP contribution in [0.15, 0.2) is 18.2 Å². The Bertz CT molecular complexity index is 431. The molecule has 1 aromatic rings. The number of nitrogens with zero attached hydrogens (tertiary/aromatic N) is 1. The molecule has 1 heterocycles. The summed E-state index contributed by atoms with van der Waals surface area (Å²) in [5.41, 5.74) is 4.65. The van der Waals surface area contributed by atoms with Crippen LogP contribution in [0.3, 0.4) is 0 Å². The summed E-state index contributed by atoms with van der Waals surface area (Å²) in [6, 6.07) is 6.03. The monoisotopic (exact) mass is 234 g/mol. The summed E-state index contributed by atoms with van der Waals surface area (Å²) in [4.78, 5) is 13.7. The third-order valence-corrected chi connectivity index (χ3v) is 3.39. The predicted molar refractivity (Wildman–Crippen MR) is 64.8 cm³/mol. The molecule has 0 bridgehead atoms. The molecule has 1 aromatic carbocycles. The quantitative estimate of drug-likeness (QED) is 0.622. The highest BCUT2D eigenvalue weighted by Crippen LogP contribution is 2.33. The molecule has 1 unspecified atom stereocenters. The Balaban J connectivity index is 2.26. The van der Waals surface area contributed by atoms with Gasteiger partial charge >= 0.3 is 0 Å². The Morgan fingerprint density at radius 3 is 3.00 bits per heavy atom. The van der Waals surface area contributed by atoms with Gasteiger partial charge < -0.3 is 0 Å². The van der Waals surface area contributed by atoms with Gasteiger partial charge in [-0.05, 0) is 43.1 Å². The van der Waals surface area contributed by atoms with Crippen molar-refractivity contribution in [1.29, 1.82) is 0 Å². The van der Waals surface area contributed by atoms with Crippen molar-refractivity contribution in [1.82, 2.24) is 10.4 Å². The molecule has 0 saturated carbocycles. The Morgan fingerprint density at radius 1 is 1.59 bits per heavy atom. The fourth-order valence-corrected chi connectivity index (χ4v) is 2.47. The average molecular weight is 234 g/mol. The molecular formula is C13H18N2O2. The van der Waals surface area contributed by atoms with E-state index < -0.39 is 5.91 Å². The molecule has 0 fully saturated rings. The van der Waals surface area contributed by atoms with E-state index in [0.717, 1.165) is 19.5 Å². The number of hydroxylamine groups is 1. The second kappa shape index (κ2) is 4.85. The van der Waals surface area contributed by atoms with Gasteiger partial charge in [0, 0.05) is 18.2 Å². The van der Waals surface area contributed by atoms with Crippen LogP contribution in [0.4, 0.5) is 0 Å². The third-order valence-electron chi connectivity index (χ3n) is 3.39. The second-order valence-corrected chi connectivity index (χ2v) is 4.50. The number of fused-ring (bicyclic) bond motifs is 1. The first kappa shape index (κ1) is 12.1. The van der Waals surface area contributed by atoms with E-state index in [1.54, 1.807) is 11.5 Å². The molecule has 2 rings (SSSR count). The van der Waals surface area contributed by atoms with Crippen LogP contribution >= 0.6 is 0 Å². The topological polar surface area (TPSA) is 52.6 Å². The minimum Gasteiger partial charge on any atom is -0.292 e. The smallest absolute Gasteiger partial charge is 0.274 e. The van der Waals surface area contributed by atoms with Crippen LogP contribution in [0.25, 0.3) is 0 Å². The fourth-order valence-electron chi connectivity index (χ4n) is 2.47. The van der Waals surface area contributed by atoms with Crippen molar-refractivity contribution in [3.8, 4) is 0 Å². The first-order chi connectivity index (χ1) is 8.17. The highest BCUT2D eigenvalue weighted by Gasteiger charge is 2.26. The van der Waals surface area contributed by atoms with Crippen LogP contribution in [0.2, 0.25) is 0 Å². The zero-order valence-electron chi connectivity index (χ0n) is 10.2. The van der Waals surface area contributed by atoms with Gasteiger partial charge in [-0.15, -0.1) is 0 Å². The summed E-state index contributed by atoms with van der Waals surface area (Å²) in [5.74, 6) is -0.450. The molecule has 2 N–H and O–H groups in total. The van der Waals surface area contributed by atoms with Crippen molar-refractivity contribution >= 4 is 5.91 Å². The van der Waals surface area contributed by atoms with Crippen LogP contribution in [-0.4, -0.2) is 22.6 Å². The Morgan fingerprint density at radius 2 is 2.35 bits per heavy atom. The number of benzene rings is 1. The van der Waals surface area contributed by atoms with Crippen molar-refractivity contribution in [2.75, 3.05) is 6.54 Å². The normalized spacial score (nSPS) is 19.1. The number of hydrogen-bond acceptors (Lipinski definition) is 3. The van der Waals surface area contributed by atoms with Crippen molar-refractivity contribution in [3.63, 3.8) is 0 Å². The SMILES string of the molecule is CCCN1Cc2cc(C(=O)NO)ccc2C1C. The van der Waals surface area contributed by atoms with E-state index in [2.05, 4.69) is 18.7 Å². The molecule has 1 aliphatic heterocycles. The van der Waals surface area contributed by atoms with E-state index in [4.69, 9.17) is 5.21 Å². The predicted octanol–water partition coefficient (Wildman–Crippen LogP) is 2.09. The van der Waals surface area contributed by atoms with Gasteiger partial charge in [0.1, 0.15) is 0 Å². The highest BCUT2D eigenvalue weighted by atomic mass is 16.5. The van der Waals surface area contributed by atoms with Gasteiger partial charge in [-0.2, -0.15) is 0 Å². The molecule has 1 aliphatic rings. The van der Waals surface area contributed by atoms with E-state index in [-0.39, 0.29) is 0 Å². The maximum absolute atomic E-state index is 11.3. The molecular weight excluding hydrogens is 216 g/mol. The summed E-state index contributed by atoms with van der Waals surface area (Å²) < 4.78 is 0. The van der Waals surface area contributed by atoms with E-state index in [0.29, 0.717) is 11.6 Å². The number of amides is 1. The standard InChI is InChI=1S/C13H18N2O2/c1-3-6-15-8-11-7-10(13(16)14-17)4-5-12(11)9(15)2/h4-5,7,9,17H,3,6,8H2,1-2H3,(H,14,16). The van der Waals surface area contributed by atoms with Crippen LogP contribution < -0.4 is 5.48 Å². The van der Waals surface area contributed by atoms with Gasteiger partial charge in [-0.1, -0.05) is 13.0 Å². The molecule has 0 saturated heterocycles. The van der Waals surface area contributed by atoms with E-state index in [1.165, 1.54) is 11.1 Å². The zero-order valence-corrected chi connectivity index (χ0v) is 10.2. The summed E-state index contributed by atoms with van der Waals surface area (Å²) >= 11 is 0. The fraction of sp³-hybridized carbons (Fsp3) is 0.462. The number of hydrogen-bond donors (Lipinski definition) is 2. The minimum atomic E-state index is -0.450. The van der Waals surface area contributed by atoms with Gasteiger partial charge in [-0.25, -0.2) is 5.48 Å². The highest BCUT2D eigenvalue weighted by molar-refractivity contribution is 5.93. The molecule has 4 nitrogen and oxygen atoms in total. The lowest BCUT2D eigenvalue weighted by Gasteiger charge is -2.20. The van der Waals surface area contributed by atoms with Crippen molar-refractivity contribution < 1.29 is 10.0 Å². The summed E-state index contributed by atoms with van der Waals surface area (Å²) in [6.07, 6.45) is 1.13. The van der Waals surface area contributed by atoms with Crippen molar-refractivity contribution in [2.24, 2.45) is 0 Å². The minimum absolute atomic E-state index is 0.413. The number of carbonyl (C=O) groups excluding carboxylic acids is 1. The van der Waals surface area contributed by atoms with Gasteiger partial charge in [0.2, 0.25) is 0 Å². The van der Waals surface area contributed by atoms with E-state index >= 15 is 0 Å². The number of nitrogens with one attached hydrogen (secondary N) is 1. The van der Waals surface area contributed by atoms with Crippen LogP contribution in [0.5, 0.6) is 0 Å². The maximum atomic E-state index is 11.3. The Labute approximate surface area is 101 Å². The molecule has 4 heteroatoms. The summed E-state index contributed by atoms with van der Waals surface area (Å²) in [6.45, 7) is 6.31. The van der Waals surface area contributed by atoms with Crippen LogP contribution in [0, 0.1) is 0 Å². The first-order valence-electron chi connectivity index (χ1n) is 5.98. The summed E-state index contributed by atoms with van der Waals surface area (Å²) in [5, 5.41) is 8.61. The van der Waals surface area contributed by atoms with E-state index in [9.17, 15) is 4.79 Å². The molecule has 0 aliphatic carbocycles. The molecule has 1 atom stereocenters. The molecule has 1 amide bonds. The number of rotatable bonds is 3. The van der Waals surface area contributed by atoms with E-state index in [1.807, 2.05) is 12.1 Å². The van der Waals surface area contributed by atoms with Crippen molar-refractivity contribution in [2.45, 2.75) is 32.9 Å². The van der Waals surface area contributed by atoms with Gasteiger partial charge in [0.15, 0.2) is 0 Å². The average Bonchev–Trinajstić information content (AvgIpc) is 2.65. The Hall–Kier alpha value is -1.39. The second-order valence-electron chi connectivity index (χ2n) is 4.50. The summed E-state index contributed by atoms with van der Waals surface area (Å²) in [7, 11) is 0. The van der Waals surface area contributed by atoms with Gasteiger partial charge in [0.25, 0.3) is 5.91 Å². The lowest BCUT2D eigenvalue weighted by molar-refractivity contribution is 0.0706.